The molecule has 5 heteroatoms. The van der Waals surface area contributed by atoms with Crippen LogP contribution in [0.3, 0.4) is 0 Å². The zero-order chi connectivity index (χ0) is 14.9. The highest BCUT2D eigenvalue weighted by molar-refractivity contribution is 6.28. The Labute approximate surface area is 131 Å². The van der Waals surface area contributed by atoms with E-state index in [9.17, 15) is 0 Å². The molecule has 3 aromatic carbocycles. The molecule has 0 spiro atoms. The first-order valence-corrected chi connectivity index (χ1v) is 7.21. The van der Waals surface area contributed by atoms with Gasteiger partial charge < -0.3 is 5.32 Å². The Morgan fingerprint density at radius 1 is 0.818 bits per heavy atom. The molecule has 0 aliphatic rings. The first kappa shape index (κ1) is 13.0. The monoisotopic (exact) mass is 306 g/mol. The predicted molar refractivity (Wildman–Crippen MR) is 89.6 cm³/mol. The van der Waals surface area contributed by atoms with Gasteiger partial charge in [-0.2, -0.15) is 4.98 Å². The van der Waals surface area contributed by atoms with Crippen LogP contribution in [0.4, 0.5) is 11.6 Å². The SMILES string of the molecule is Clc1ncnc(Nc2c3ccccc3cc3ccccc23)n1. The molecule has 0 atom stereocenters. The van der Waals surface area contributed by atoms with Crippen LogP contribution in [0.25, 0.3) is 21.5 Å². The highest BCUT2D eigenvalue weighted by Crippen LogP contribution is 2.34. The van der Waals surface area contributed by atoms with Gasteiger partial charge in [0.05, 0.1) is 5.69 Å². The Bertz CT molecular complexity index is 930. The van der Waals surface area contributed by atoms with Crippen LogP contribution in [0.2, 0.25) is 5.28 Å². The van der Waals surface area contributed by atoms with Gasteiger partial charge in [0.2, 0.25) is 11.2 Å². The van der Waals surface area contributed by atoms with Crippen LogP contribution in [0.5, 0.6) is 0 Å². The molecule has 4 nitrogen and oxygen atoms in total. The molecule has 0 radical (unpaired) electrons. The maximum Gasteiger partial charge on any atom is 0.231 e. The Hall–Kier alpha value is -2.72. The van der Waals surface area contributed by atoms with E-state index in [1.807, 2.05) is 24.3 Å². The summed E-state index contributed by atoms with van der Waals surface area (Å²) in [5.41, 5.74) is 0.968. The van der Waals surface area contributed by atoms with Gasteiger partial charge in [0.25, 0.3) is 0 Å². The molecule has 0 amide bonds. The van der Waals surface area contributed by atoms with Crippen LogP contribution >= 0.6 is 11.6 Å². The Kier molecular flexibility index (Phi) is 3.09. The number of rotatable bonds is 2. The van der Waals surface area contributed by atoms with Crippen molar-refractivity contribution in [1.29, 1.82) is 0 Å². The van der Waals surface area contributed by atoms with Crippen LogP contribution in [0.15, 0.2) is 60.9 Å². The van der Waals surface area contributed by atoms with Crippen LogP contribution in [0, 0.1) is 0 Å². The summed E-state index contributed by atoms with van der Waals surface area (Å²) < 4.78 is 0. The first-order valence-electron chi connectivity index (χ1n) is 6.83. The molecule has 4 aromatic rings. The lowest BCUT2D eigenvalue weighted by atomic mass is 10.0. The number of halogens is 1. The second-order valence-corrected chi connectivity index (χ2v) is 5.24. The van der Waals surface area contributed by atoms with Crippen LogP contribution in [-0.2, 0) is 0 Å². The third-order valence-corrected chi connectivity index (χ3v) is 3.73. The molecule has 22 heavy (non-hydrogen) atoms. The minimum atomic E-state index is 0.169. The average Bonchev–Trinajstić information content (AvgIpc) is 2.55. The smallest absolute Gasteiger partial charge is 0.231 e. The molecule has 0 bridgehead atoms. The second kappa shape index (κ2) is 5.24. The first-order chi connectivity index (χ1) is 10.8. The quantitative estimate of drug-likeness (QED) is 0.551. The summed E-state index contributed by atoms with van der Waals surface area (Å²) >= 11 is 5.85. The van der Waals surface area contributed by atoms with Gasteiger partial charge in [0, 0.05) is 10.8 Å². The van der Waals surface area contributed by atoms with Gasteiger partial charge in [-0.3, -0.25) is 0 Å². The maximum absolute atomic E-state index is 5.85. The molecule has 0 unspecified atom stereocenters. The Balaban J connectivity index is 2.00. The van der Waals surface area contributed by atoms with Crippen molar-refractivity contribution < 1.29 is 0 Å². The highest BCUT2D eigenvalue weighted by Gasteiger charge is 2.09. The minimum absolute atomic E-state index is 0.169. The summed E-state index contributed by atoms with van der Waals surface area (Å²) in [5.74, 6) is 0.432. The van der Waals surface area contributed by atoms with Gasteiger partial charge in [-0.1, -0.05) is 48.5 Å². The van der Waals surface area contributed by atoms with Gasteiger partial charge in [-0.05, 0) is 28.4 Å². The zero-order valence-electron chi connectivity index (χ0n) is 11.5. The molecule has 0 aliphatic heterocycles. The van der Waals surface area contributed by atoms with Crippen molar-refractivity contribution in [3.8, 4) is 0 Å². The number of nitrogens with one attached hydrogen (secondary N) is 1. The highest BCUT2D eigenvalue weighted by atomic mass is 35.5. The van der Waals surface area contributed by atoms with Crippen molar-refractivity contribution in [2.24, 2.45) is 0 Å². The van der Waals surface area contributed by atoms with Gasteiger partial charge in [-0.15, -0.1) is 0 Å². The topological polar surface area (TPSA) is 50.7 Å². The number of aromatic nitrogens is 3. The Morgan fingerprint density at radius 3 is 2.09 bits per heavy atom. The van der Waals surface area contributed by atoms with E-state index < -0.39 is 0 Å². The van der Waals surface area contributed by atoms with Crippen molar-refractivity contribution in [3.63, 3.8) is 0 Å². The number of anilines is 2. The summed E-state index contributed by atoms with van der Waals surface area (Å²) in [6, 6.07) is 18.6. The van der Waals surface area contributed by atoms with E-state index in [0.29, 0.717) is 5.95 Å². The van der Waals surface area contributed by atoms with Gasteiger partial charge in [0.1, 0.15) is 6.33 Å². The van der Waals surface area contributed by atoms with Crippen molar-refractivity contribution in [3.05, 3.63) is 66.2 Å². The molecule has 0 saturated carbocycles. The molecule has 1 heterocycles. The fourth-order valence-electron chi connectivity index (χ4n) is 2.60. The second-order valence-electron chi connectivity index (χ2n) is 4.90. The zero-order valence-corrected chi connectivity index (χ0v) is 12.2. The summed E-state index contributed by atoms with van der Waals surface area (Å²) in [4.78, 5) is 12.1. The number of nitrogens with zero attached hydrogens (tertiary/aromatic N) is 3. The van der Waals surface area contributed by atoms with Crippen molar-refractivity contribution in [2.45, 2.75) is 0 Å². The molecule has 0 saturated heterocycles. The molecule has 4 rings (SSSR count). The number of hydrogen-bond donors (Lipinski definition) is 1. The lowest BCUT2D eigenvalue weighted by molar-refractivity contribution is 1.05. The number of benzene rings is 3. The van der Waals surface area contributed by atoms with E-state index >= 15 is 0 Å². The van der Waals surface area contributed by atoms with Crippen LogP contribution in [0.1, 0.15) is 0 Å². The largest absolute Gasteiger partial charge is 0.323 e. The maximum atomic E-state index is 5.85. The van der Waals surface area contributed by atoms with Gasteiger partial charge in [-0.25, -0.2) is 9.97 Å². The van der Waals surface area contributed by atoms with E-state index in [0.717, 1.165) is 27.2 Å². The van der Waals surface area contributed by atoms with E-state index in [2.05, 4.69) is 50.6 Å². The normalized spacial score (nSPS) is 11.0. The van der Waals surface area contributed by atoms with E-state index in [1.54, 1.807) is 0 Å². The lowest BCUT2D eigenvalue weighted by Gasteiger charge is -2.12. The lowest BCUT2D eigenvalue weighted by Crippen LogP contribution is -1.99. The standard InChI is InChI=1S/C17H11ClN4/c18-16-19-10-20-17(22-16)21-15-13-7-3-1-5-11(13)9-12-6-2-4-8-14(12)15/h1-10H,(H,19,20,21,22). The number of hydrogen-bond acceptors (Lipinski definition) is 4. The van der Waals surface area contributed by atoms with Crippen LogP contribution in [-0.4, -0.2) is 15.0 Å². The van der Waals surface area contributed by atoms with Gasteiger partial charge in [0.15, 0.2) is 0 Å². The molecule has 1 N–H and O–H groups in total. The van der Waals surface area contributed by atoms with E-state index in [4.69, 9.17) is 11.6 Å². The Morgan fingerprint density at radius 2 is 1.45 bits per heavy atom. The predicted octanol–water partition coefficient (Wildman–Crippen LogP) is 4.58. The molecular formula is C17H11ClN4. The summed E-state index contributed by atoms with van der Waals surface area (Å²) in [6.07, 6.45) is 1.39. The van der Waals surface area contributed by atoms with E-state index in [-0.39, 0.29) is 5.28 Å². The van der Waals surface area contributed by atoms with Crippen molar-refractivity contribution in [1.82, 2.24) is 15.0 Å². The third-order valence-electron chi connectivity index (χ3n) is 3.55. The summed E-state index contributed by atoms with van der Waals surface area (Å²) in [6.45, 7) is 0. The average molecular weight is 307 g/mol. The molecule has 1 aromatic heterocycles. The fourth-order valence-corrected chi connectivity index (χ4v) is 2.72. The molecule has 106 valence electrons. The molecular weight excluding hydrogens is 296 g/mol. The van der Waals surface area contributed by atoms with Crippen LogP contribution < -0.4 is 5.32 Å². The van der Waals surface area contributed by atoms with Gasteiger partial charge >= 0.3 is 0 Å². The summed E-state index contributed by atoms with van der Waals surface area (Å²) in [5, 5.41) is 7.98. The third kappa shape index (κ3) is 2.23. The molecule has 0 fully saturated rings. The fraction of sp³-hybridized carbons (Fsp3) is 0. The van der Waals surface area contributed by atoms with Crippen molar-refractivity contribution in [2.75, 3.05) is 5.32 Å². The minimum Gasteiger partial charge on any atom is -0.323 e. The number of fused-ring (bicyclic) bond motifs is 2. The summed E-state index contributed by atoms with van der Waals surface area (Å²) in [7, 11) is 0. The van der Waals surface area contributed by atoms with E-state index in [1.165, 1.54) is 6.33 Å². The van der Waals surface area contributed by atoms with Crippen molar-refractivity contribution >= 4 is 44.8 Å². The molecule has 0 aliphatic carbocycles.